The molecule has 0 nitrogen and oxygen atoms in total. The summed E-state index contributed by atoms with van der Waals surface area (Å²) < 4.78 is 0. The summed E-state index contributed by atoms with van der Waals surface area (Å²) in [6.07, 6.45) is 0. The van der Waals surface area contributed by atoms with Gasteiger partial charge in [0.15, 0.2) is 0 Å². The summed E-state index contributed by atoms with van der Waals surface area (Å²) in [5.41, 5.74) is 4.11. The number of benzene rings is 2. The molecule has 0 aliphatic heterocycles. The van der Waals surface area contributed by atoms with Gasteiger partial charge in [0, 0.05) is 4.90 Å². The highest BCUT2D eigenvalue weighted by Crippen LogP contribution is 2.07. The predicted octanol–water partition coefficient (Wildman–Crippen LogP) is 4.59. The number of rotatable bonds is 0. The first-order chi connectivity index (χ1) is 7.59. The molecule has 0 aliphatic carbocycles. The van der Waals surface area contributed by atoms with Crippen LogP contribution in [0, 0.1) is 20.8 Å². The van der Waals surface area contributed by atoms with Crippen LogP contribution in [0.25, 0.3) is 0 Å². The molecule has 0 amide bonds. The highest BCUT2D eigenvalue weighted by molar-refractivity contribution is 7.80. The molecule has 0 spiro atoms. The standard InChI is InChI=1S/C9H12.C6H6S/c1-7-4-5-8(2)9(3)6-7;7-6-4-2-1-3-5-6/h4-6H,1-3H3;1-5,7H. The lowest BCUT2D eigenvalue weighted by molar-refractivity contribution is 1.30. The van der Waals surface area contributed by atoms with Crippen molar-refractivity contribution < 1.29 is 0 Å². The van der Waals surface area contributed by atoms with Crippen molar-refractivity contribution in [2.75, 3.05) is 0 Å². The molecular weight excluding hydrogens is 212 g/mol. The van der Waals surface area contributed by atoms with E-state index < -0.39 is 0 Å². The van der Waals surface area contributed by atoms with E-state index in [1.165, 1.54) is 16.7 Å². The second-order valence-corrected chi connectivity index (χ2v) is 4.44. The van der Waals surface area contributed by atoms with Crippen molar-refractivity contribution >= 4 is 12.6 Å². The average Bonchev–Trinajstić information content (AvgIpc) is 2.26. The van der Waals surface area contributed by atoms with Crippen LogP contribution in [-0.4, -0.2) is 0 Å². The zero-order valence-electron chi connectivity index (χ0n) is 10.1. The van der Waals surface area contributed by atoms with E-state index in [4.69, 9.17) is 0 Å². The Morgan fingerprint density at radius 3 is 1.75 bits per heavy atom. The summed E-state index contributed by atoms with van der Waals surface area (Å²) in [6, 6.07) is 16.3. The third-order valence-electron chi connectivity index (χ3n) is 2.42. The molecule has 0 saturated heterocycles. The Morgan fingerprint density at radius 1 is 0.750 bits per heavy atom. The Bertz CT molecular complexity index is 432. The van der Waals surface area contributed by atoms with E-state index in [9.17, 15) is 0 Å². The van der Waals surface area contributed by atoms with Crippen LogP contribution in [0.2, 0.25) is 0 Å². The Labute approximate surface area is 104 Å². The van der Waals surface area contributed by atoms with Gasteiger partial charge in [-0.2, -0.15) is 0 Å². The molecule has 0 bridgehead atoms. The maximum absolute atomic E-state index is 4.08. The number of hydrogen-bond acceptors (Lipinski definition) is 1. The largest absolute Gasteiger partial charge is 0.143 e. The molecular formula is C15H18S. The first-order valence-corrected chi connectivity index (χ1v) is 5.82. The topological polar surface area (TPSA) is 0 Å². The zero-order valence-corrected chi connectivity index (χ0v) is 11.0. The fourth-order valence-electron chi connectivity index (χ4n) is 1.32. The lowest BCUT2D eigenvalue weighted by Crippen LogP contribution is -1.79. The lowest BCUT2D eigenvalue weighted by Gasteiger charge is -1.98. The smallest absolute Gasteiger partial charge is 0.00399 e. The van der Waals surface area contributed by atoms with Crippen LogP contribution in [0.5, 0.6) is 0 Å². The van der Waals surface area contributed by atoms with E-state index in [-0.39, 0.29) is 0 Å². The van der Waals surface area contributed by atoms with Crippen LogP contribution in [0.15, 0.2) is 53.4 Å². The molecule has 2 aromatic rings. The fraction of sp³-hybridized carbons (Fsp3) is 0.200. The van der Waals surface area contributed by atoms with Gasteiger partial charge in [-0.25, -0.2) is 0 Å². The molecule has 0 saturated carbocycles. The predicted molar refractivity (Wildman–Crippen MR) is 74.3 cm³/mol. The van der Waals surface area contributed by atoms with E-state index >= 15 is 0 Å². The Kier molecular flexibility index (Phi) is 5.13. The second kappa shape index (κ2) is 6.39. The van der Waals surface area contributed by atoms with E-state index in [0.717, 1.165) is 4.90 Å². The summed E-state index contributed by atoms with van der Waals surface area (Å²) in [7, 11) is 0. The first-order valence-electron chi connectivity index (χ1n) is 5.37. The molecule has 0 atom stereocenters. The van der Waals surface area contributed by atoms with Gasteiger partial charge >= 0.3 is 0 Å². The molecule has 84 valence electrons. The SMILES string of the molecule is Cc1ccc(C)c(C)c1.Sc1ccccc1. The minimum Gasteiger partial charge on any atom is -0.143 e. The first kappa shape index (κ1) is 12.9. The van der Waals surface area contributed by atoms with Crippen molar-refractivity contribution in [3.05, 3.63) is 65.2 Å². The Balaban J connectivity index is 0.000000165. The molecule has 0 N–H and O–H groups in total. The van der Waals surface area contributed by atoms with Gasteiger partial charge in [-0.3, -0.25) is 0 Å². The van der Waals surface area contributed by atoms with Crippen molar-refractivity contribution in [3.63, 3.8) is 0 Å². The van der Waals surface area contributed by atoms with Crippen LogP contribution < -0.4 is 0 Å². The van der Waals surface area contributed by atoms with Crippen LogP contribution in [0.4, 0.5) is 0 Å². The Hall–Kier alpha value is -1.21. The molecule has 0 aromatic heterocycles. The lowest BCUT2D eigenvalue weighted by atomic mass is 10.1. The van der Waals surface area contributed by atoms with E-state index in [2.05, 4.69) is 51.6 Å². The second-order valence-electron chi connectivity index (χ2n) is 3.92. The van der Waals surface area contributed by atoms with Crippen molar-refractivity contribution in [3.8, 4) is 0 Å². The van der Waals surface area contributed by atoms with E-state index in [1.807, 2.05) is 30.3 Å². The molecule has 0 aliphatic rings. The van der Waals surface area contributed by atoms with Crippen LogP contribution in [0.3, 0.4) is 0 Å². The summed E-state index contributed by atoms with van der Waals surface area (Å²) in [6.45, 7) is 6.39. The number of hydrogen-bond donors (Lipinski definition) is 1. The molecule has 1 heteroatoms. The maximum Gasteiger partial charge on any atom is 0.00399 e. The van der Waals surface area contributed by atoms with Crippen molar-refractivity contribution in [2.24, 2.45) is 0 Å². The molecule has 0 unspecified atom stereocenters. The molecule has 0 radical (unpaired) electrons. The summed E-state index contributed by atoms with van der Waals surface area (Å²) >= 11 is 4.08. The van der Waals surface area contributed by atoms with Crippen LogP contribution in [0.1, 0.15) is 16.7 Å². The van der Waals surface area contributed by atoms with Crippen LogP contribution in [-0.2, 0) is 0 Å². The van der Waals surface area contributed by atoms with Gasteiger partial charge < -0.3 is 0 Å². The molecule has 0 fully saturated rings. The molecule has 0 heterocycles. The minimum absolute atomic E-state index is 1.02. The highest BCUT2D eigenvalue weighted by Gasteiger charge is 1.89. The van der Waals surface area contributed by atoms with E-state index in [1.54, 1.807) is 0 Å². The quantitative estimate of drug-likeness (QED) is 0.629. The summed E-state index contributed by atoms with van der Waals surface area (Å²) in [5.74, 6) is 0. The number of aryl methyl sites for hydroxylation is 3. The molecule has 16 heavy (non-hydrogen) atoms. The van der Waals surface area contributed by atoms with Crippen molar-refractivity contribution in [1.82, 2.24) is 0 Å². The maximum atomic E-state index is 4.08. The van der Waals surface area contributed by atoms with Gasteiger partial charge in [0.1, 0.15) is 0 Å². The van der Waals surface area contributed by atoms with Gasteiger partial charge in [-0.1, -0.05) is 42.0 Å². The fourth-order valence-corrected chi connectivity index (χ4v) is 1.49. The zero-order chi connectivity index (χ0) is 12.0. The monoisotopic (exact) mass is 230 g/mol. The average molecular weight is 230 g/mol. The highest BCUT2D eigenvalue weighted by atomic mass is 32.1. The number of thiol groups is 1. The Morgan fingerprint density at radius 2 is 1.38 bits per heavy atom. The third-order valence-corrected chi connectivity index (χ3v) is 2.72. The van der Waals surface area contributed by atoms with Gasteiger partial charge in [0.2, 0.25) is 0 Å². The molecule has 2 aromatic carbocycles. The summed E-state index contributed by atoms with van der Waals surface area (Å²) in [4.78, 5) is 1.02. The van der Waals surface area contributed by atoms with Gasteiger partial charge in [0.05, 0.1) is 0 Å². The van der Waals surface area contributed by atoms with Crippen molar-refractivity contribution in [1.29, 1.82) is 0 Å². The van der Waals surface area contributed by atoms with Gasteiger partial charge in [-0.05, 0) is 44.0 Å². The van der Waals surface area contributed by atoms with Gasteiger partial charge in [-0.15, -0.1) is 12.6 Å². The van der Waals surface area contributed by atoms with Crippen LogP contribution >= 0.6 is 12.6 Å². The summed E-state index contributed by atoms with van der Waals surface area (Å²) in [5, 5.41) is 0. The third kappa shape index (κ3) is 4.54. The van der Waals surface area contributed by atoms with E-state index in [0.29, 0.717) is 0 Å². The normalized spacial score (nSPS) is 9.25. The minimum atomic E-state index is 1.02. The molecule has 2 rings (SSSR count). The van der Waals surface area contributed by atoms with Crippen molar-refractivity contribution in [2.45, 2.75) is 25.7 Å². The van der Waals surface area contributed by atoms with Gasteiger partial charge in [0.25, 0.3) is 0 Å².